The van der Waals surface area contributed by atoms with Gasteiger partial charge in [-0.25, -0.2) is 0 Å². The molecule has 26 heavy (non-hydrogen) atoms. The Morgan fingerprint density at radius 2 is 1.77 bits per heavy atom. The second-order valence-electron chi connectivity index (χ2n) is 8.87. The molecule has 6 heteroatoms. The average Bonchev–Trinajstić information content (AvgIpc) is 3.03. The maximum absolute atomic E-state index is 13.3. The highest BCUT2D eigenvalue weighted by atomic mass is 16.5. The summed E-state index contributed by atoms with van der Waals surface area (Å²) in [5.41, 5.74) is -0.308. The van der Waals surface area contributed by atoms with E-state index in [-0.39, 0.29) is 23.6 Å². The summed E-state index contributed by atoms with van der Waals surface area (Å²) in [6.07, 6.45) is 9.72. The van der Waals surface area contributed by atoms with E-state index >= 15 is 0 Å². The zero-order valence-corrected chi connectivity index (χ0v) is 15.9. The number of piperidine rings is 1. The van der Waals surface area contributed by atoms with Crippen LogP contribution in [0.15, 0.2) is 0 Å². The summed E-state index contributed by atoms with van der Waals surface area (Å²) < 4.78 is 5.48. The van der Waals surface area contributed by atoms with Gasteiger partial charge in [-0.3, -0.25) is 9.69 Å². The first kappa shape index (κ1) is 18.7. The minimum Gasteiger partial charge on any atom is -0.393 e. The number of aliphatic hydroxyl groups is 1. The van der Waals surface area contributed by atoms with E-state index in [9.17, 15) is 9.90 Å². The van der Waals surface area contributed by atoms with Crippen LogP contribution in [0.25, 0.3) is 0 Å². The molecule has 4 aliphatic rings. The van der Waals surface area contributed by atoms with E-state index in [0.717, 1.165) is 84.1 Å². The van der Waals surface area contributed by atoms with Crippen molar-refractivity contribution < 1.29 is 14.6 Å². The molecule has 3 aliphatic heterocycles. The van der Waals surface area contributed by atoms with Crippen molar-refractivity contribution in [2.24, 2.45) is 0 Å². The Hall–Kier alpha value is -0.690. The van der Waals surface area contributed by atoms with Crippen molar-refractivity contribution in [3.05, 3.63) is 0 Å². The molecule has 3 N–H and O–H groups in total. The molecule has 1 aliphatic carbocycles. The zero-order chi connectivity index (χ0) is 18.0. The number of carbonyl (C=O) groups is 1. The second-order valence-corrected chi connectivity index (χ2v) is 8.87. The molecule has 0 radical (unpaired) electrons. The summed E-state index contributed by atoms with van der Waals surface area (Å²) >= 11 is 0. The van der Waals surface area contributed by atoms with E-state index in [4.69, 9.17) is 4.74 Å². The molecule has 3 heterocycles. The van der Waals surface area contributed by atoms with Crippen LogP contribution in [-0.4, -0.2) is 72.0 Å². The number of fused-ring (bicyclic) bond motifs is 1. The molecule has 1 amide bonds. The van der Waals surface area contributed by atoms with Crippen molar-refractivity contribution in [2.45, 2.75) is 94.0 Å². The van der Waals surface area contributed by atoms with E-state index in [1.165, 1.54) is 6.42 Å². The van der Waals surface area contributed by atoms with E-state index in [2.05, 4.69) is 15.5 Å². The van der Waals surface area contributed by atoms with Gasteiger partial charge in [0.2, 0.25) is 5.91 Å². The molecule has 0 unspecified atom stereocenters. The zero-order valence-electron chi connectivity index (χ0n) is 15.9. The van der Waals surface area contributed by atoms with Gasteiger partial charge in [-0.1, -0.05) is 0 Å². The maximum atomic E-state index is 13.3. The van der Waals surface area contributed by atoms with Crippen LogP contribution in [0.1, 0.15) is 64.2 Å². The summed E-state index contributed by atoms with van der Waals surface area (Å²) in [7, 11) is 0. The first-order chi connectivity index (χ1) is 12.7. The monoisotopic (exact) mass is 365 g/mol. The first-order valence-electron chi connectivity index (χ1n) is 10.7. The Kier molecular flexibility index (Phi) is 5.84. The van der Waals surface area contributed by atoms with Gasteiger partial charge < -0.3 is 20.5 Å². The van der Waals surface area contributed by atoms with Gasteiger partial charge in [0.05, 0.1) is 6.10 Å². The lowest BCUT2D eigenvalue weighted by Gasteiger charge is -2.42. The van der Waals surface area contributed by atoms with Gasteiger partial charge in [0.15, 0.2) is 0 Å². The highest BCUT2D eigenvalue weighted by Crippen LogP contribution is 2.38. The van der Waals surface area contributed by atoms with Crippen LogP contribution in [0, 0.1) is 0 Å². The van der Waals surface area contributed by atoms with Crippen LogP contribution in [-0.2, 0) is 9.53 Å². The van der Waals surface area contributed by atoms with Crippen molar-refractivity contribution >= 4 is 5.91 Å². The SMILES string of the molecule is O=C(NC1CCC(O)CC1)[C@@]12CCCCN1C[C@@H](NC1CCOCC1)C2. The largest absolute Gasteiger partial charge is 0.393 e. The Bertz CT molecular complexity index is 489. The van der Waals surface area contributed by atoms with E-state index in [1.807, 2.05) is 0 Å². The predicted octanol–water partition coefficient (Wildman–Crippen LogP) is 1.17. The molecular weight excluding hydrogens is 330 g/mol. The summed E-state index contributed by atoms with van der Waals surface area (Å²) in [5, 5.41) is 16.9. The van der Waals surface area contributed by atoms with Crippen molar-refractivity contribution in [3.8, 4) is 0 Å². The Balaban J connectivity index is 1.39. The summed E-state index contributed by atoms with van der Waals surface area (Å²) in [4.78, 5) is 15.8. The van der Waals surface area contributed by atoms with Crippen LogP contribution in [0.4, 0.5) is 0 Å². The fraction of sp³-hybridized carbons (Fsp3) is 0.950. The fourth-order valence-electron chi connectivity index (χ4n) is 5.53. The molecule has 3 saturated heterocycles. The number of hydrogen-bond donors (Lipinski definition) is 3. The lowest BCUT2D eigenvalue weighted by molar-refractivity contribution is -0.135. The van der Waals surface area contributed by atoms with E-state index < -0.39 is 0 Å². The summed E-state index contributed by atoms with van der Waals surface area (Å²) in [6.45, 7) is 3.75. The van der Waals surface area contributed by atoms with Gasteiger partial charge in [0.25, 0.3) is 0 Å². The van der Waals surface area contributed by atoms with Crippen LogP contribution < -0.4 is 10.6 Å². The Labute approximate surface area is 157 Å². The number of ether oxygens (including phenoxy) is 1. The third-order valence-corrected chi connectivity index (χ3v) is 7.05. The molecule has 4 fully saturated rings. The highest BCUT2D eigenvalue weighted by molar-refractivity contribution is 5.87. The van der Waals surface area contributed by atoms with Gasteiger partial charge in [-0.05, 0) is 70.8 Å². The lowest BCUT2D eigenvalue weighted by atomic mass is 9.83. The Morgan fingerprint density at radius 3 is 2.54 bits per heavy atom. The van der Waals surface area contributed by atoms with Crippen LogP contribution >= 0.6 is 0 Å². The molecule has 0 spiro atoms. The third kappa shape index (κ3) is 3.93. The fourth-order valence-corrected chi connectivity index (χ4v) is 5.53. The third-order valence-electron chi connectivity index (χ3n) is 7.05. The van der Waals surface area contributed by atoms with E-state index in [1.54, 1.807) is 0 Å². The number of rotatable bonds is 4. The van der Waals surface area contributed by atoms with Crippen LogP contribution in [0.5, 0.6) is 0 Å². The molecule has 148 valence electrons. The van der Waals surface area contributed by atoms with Crippen molar-refractivity contribution in [1.29, 1.82) is 0 Å². The normalized spacial score (nSPS) is 39.5. The lowest BCUT2D eigenvalue weighted by Crippen LogP contribution is -2.59. The molecule has 2 atom stereocenters. The minimum atomic E-state index is -0.308. The molecule has 6 nitrogen and oxygen atoms in total. The second kappa shape index (κ2) is 8.13. The topological polar surface area (TPSA) is 73.8 Å². The molecule has 4 rings (SSSR count). The summed E-state index contributed by atoms with van der Waals surface area (Å²) in [6, 6.07) is 1.19. The molecular formula is C20H35N3O3. The molecule has 0 bridgehead atoms. The number of aliphatic hydroxyl groups excluding tert-OH is 1. The highest BCUT2D eigenvalue weighted by Gasteiger charge is 2.52. The molecule has 0 aromatic heterocycles. The van der Waals surface area contributed by atoms with Crippen molar-refractivity contribution in [3.63, 3.8) is 0 Å². The molecule has 1 saturated carbocycles. The summed E-state index contributed by atoms with van der Waals surface area (Å²) in [5.74, 6) is 0.245. The molecule has 0 aromatic rings. The quantitative estimate of drug-likeness (QED) is 0.697. The van der Waals surface area contributed by atoms with Crippen LogP contribution in [0.2, 0.25) is 0 Å². The predicted molar refractivity (Wildman–Crippen MR) is 99.9 cm³/mol. The van der Waals surface area contributed by atoms with E-state index in [0.29, 0.717) is 12.1 Å². The molecule has 0 aromatic carbocycles. The van der Waals surface area contributed by atoms with Gasteiger partial charge >= 0.3 is 0 Å². The number of amides is 1. The number of carbonyl (C=O) groups excluding carboxylic acids is 1. The minimum absolute atomic E-state index is 0.174. The van der Waals surface area contributed by atoms with Gasteiger partial charge in [0, 0.05) is 37.9 Å². The number of hydrogen-bond acceptors (Lipinski definition) is 5. The number of nitrogens with one attached hydrogen (secondary N) is 2. The van der Waals surface area contributed by atoms with Crippen LogP contribution in [0.3, 0.4) is 0 Å². The van der Waals surface area contributed by atoms with Gasteiger partial charge in [-0.2, -0.15) is 0 Å². The standard InChI is InChI=1S/C20H35N3O3/c24-18-5-3-15(4-6-18)22-19(25)20-9-1-2-10-23(20)14-17(13-20)21-16-7-11-26-12-8-16/h15-18,21,24H,1-14H2,(H,22,25)/t15?,17-,18?,20-/m0/s1. The van der Waals surface area contributed by atoms with Crippen molar-refractivity contribution in [2.75, 3.05) is 26.3 Å². The van der Waals surface area contributed by atoms with Gasteiger partial charge in [-0.15, -0.1) is 0 Å². The average molecular weight is 366 g/mol. The maximum Gasteiger partial charge on any atom is 0.240 e. The van der Waals surface area contributed by atoms with Gasteiger partial charge in [0.1, 0.15) is 5.54 Å². The number of nitrogens with zero attached hydrogens (tertiary/aromatic N) is 1. The smallest absolute Gasteiger partial charge is 0.240 e. The Morgan fingerprint density at radius 1 is 1.00 bits per heavy atom. The first-order valence-corrected chi connectivity index (χ1v) is 10.7. The van der Waals surface area contributed by atoms with Crippen molar-refractivity contribution in [1.82, 2.24) is 15.5 Å².